The summed E-state index contributed by atoms with van der Waals surface area (Å²) >= 11 is 0. The van der Waals surface area contributed by atoms with Gasteiger partial charge >= 0.3 is 6.55 Å². The topological polar surface area (TPSA) is 51.0 Å². The third-order valence-corrected chi connectivity index (χ3v) is 2.79. The van der Waals surface area contributed by atoms with Crippen LogP contribution in [0, 0.1) is 6.92 Å². The zero-order chi connectivity index (χ0) is 14.7. The normalized spacial score (nSPS) is 10.8. The molecule has 0 unspecified atom stereocenters. The molecular formula is C13H14F2N4O. The zero-order valence-electron chi connectivity index (χ0n) is 11.1. The second-order valence-electron chi connectivity index (χ2n) is 4.35. The number of aromatic nitrogens is 3. The van der Waals surface area contributed by atoms with Gasteiger partial charge in [-0.25, -0.2) is 9.97 Å². The Balaban J connectivity index is 2.14. The van der Waals surface area contributed by atoms with E-state index in [1.807, 2.05) is 0 Å². The number of hydrogen-bond donors (Lipinski definition) is 0. The van der Waals surface area contributed by atoms with Crippen molar-refractivity contribution in [3.8, 4) is 0 Å². The van der Waals surface area contributed by atoms with E-state index in [9.17, 15) is 13.6 Å². The van der Waals surface area contributed by atoms with Crippen LogP contribution in [-0.2, 0) is 6.54 Å². The Morgan fingerprint density at radius 1 is 1.45 bits per heavy atom. The maximum absolute atomic E-state index is 12.7. The lowest BCUT2D eigenvalue weighted by molar-refractivity contribution is 0.0611. The van der Waals surface area contributed by atoms with Crippen LogP contribution in [0.4, 0.5) is 8.78 Å². The number of amides is 1. The van der Waals surface area contributed by atoms with Gasteiger partial charge in [-0.2, -0.15) is 8.78 Å². The highest BCUT2D eigenvalue weighted by Crippen LogP contribution is 2.14. The summed E-state index contributed by atoms with van der Waals surface area (Å²) in [6.45, 7) is -0.903. The fraction of sp³-hybridized carbons (Fsp3) is 0.308. The number of alkyl halides is 2. The SMILES string of the molecule is Cc1cccc(C(=O)N(C)Cc2nccn2C(F)F)n1. The molecule has 0 fully saturated rings. The number of hydrogen-bond acceptors (Lipinski definition) is 3. The average Bonchev–Trinajstić information content (AvgIpc) is 2.86. The van der Waals surface area contributed by atoms with Crippen LogP contribution >= 0.6 is 0 Å². The first-order valence-corrected chi connectivity index (χ1v) is 5.98. The molecule has 106 valence electrons. The van der Waals surface area contributed by atoms with Gasteiger partial charge in [0, 0.05) is 25.1 Å². The quantitative estimate of drug-likeness (QED) is 0.863. The molecule has 1 amide bonds. The molecule has 20 heavy (non-hydrogen) atoms. The summed E-state index contributed by atoms with van der Waals surface area (Å²) in [5.41, 5.74) is 1.00. The lowest BCUT2D eigenvalue weighted by Crippen LogP contribution is -2.28. The Hall–Kier alpha value is -2.31. The smallest absolute Gasteiger partial charge is 0.319 e. The molecule has 0 N–H and O–H groups in total. The van der Waals surface area contributed by atoms with Crippen LogP contribution in [0.25, 0.3) is 0 Å². The minimum atomic E-state index is -2.67. The lowest BCUT2D eigenvalue weighted by atomic mass is 10.3. The third kappa shape index (κ3) is 2.98. The van der Waals surface area contributed by atoms with E-state index in [-0.39, 0.29) is 24.0 Å². The van der Waals surface area contributed by atoms with E-state index in [1.54, 1.807) is 25.1 Å². The molecule has 0 spiro atoms. The molecule has 0 bridgehead atoms. The van der Waals surface area contributed by atoms with E-state index >= 15 is 0 Å². The highest BCUT2D eigenvalue weighted by Gasteiger charge is 2.18. The van der Waals surface area contributed by atoms with Gasteiger partial charge in [0.25, 0.3) is 5.91 Å². The first-order chi connectivity index (χ1) is 9.49. The minimum absolute atomic E-state index is 0.00814. The number of carbonyl (C=O) groups is 1. The molecule has 5 nitrogen and oxygen atoms in total. The standard InChI is InChI=1S/C13H14F2N4O/c1-9-4-3-5-10(17-9)12(20)18(2)8-11-16-6-7-19(11)13(14)15/h3-7,13H,8H2,1-2H3. The number of imidazole rings is 1. The molecule has 2 aromatic heterocycles. The van der Waals surface area contributed by atoms with E-state index in [1.165, 1.54) is 24.3 Å². The maximum atomic E-state index is 12.7. The van der Waals surface area contributed by atoms with Gasteiger partial charge in [-0.1, -0.05) is 6.07 Å². The molecule has 0 radical (unpaired) electrons. The summed E-state index contributed by atoms with van der Waals surface area (Å²) in [6.07, 6.45) is 2.47. The largest absolute Gasteiger partial charge is 0.333 e. The van der Waals surface area contributed by atoms with Crippen molar-refractivity contribution < 1.29 is 13.6 Å². The van der Waals surface area contributed by atoms with E-state index in [0.29, 0.717) is 0 Å². The summed E-state index contributed by atoms with van der Waals surface area (Å²) in [5.74, 6) is -0.207. The molecule has 0 aliphatic heterocycles. The summed E-state index contributed by atoms with van der Waals surface area (Å²) in [5, 5.41) is 0. The van der Waals surface area contributed by atoms with Crippen molar-refractivity contribution in [3.63, 3.8) is 0 Å². The Bertz CT molecular complexity index is 612. The summed E-state index contributed by atoms with van der Waals surface area (Å²) < 4.78 is 26.1. The molecule has 7 heteroatoms. The monoisotopic (exact) mass is 280 g/mol. The van der Waals surface area contributed by atoms with Crippen molar-refractivity contribution in [2.45, 2.75) is 20.0 Å². The van der Waals surface area contributed by atoms with Crippen LogP contribution in [0.3, 0.4) is 0 Å². The lowest BCUT2D eigenvalue weighted by Gasteiger charge is -2.17. The summed E-state index contributed by atoms with van der Waals surface area (Å²) in [4.78, 5) is 21.4. The van der Waals surface area contributed by atoms with E-state index < -0.39 is 6.55 Å². The molecule has 2 heterocycles. The summed E-state index contributed by atoms with van der Waals surface area (Å²) in [7, 11) is 1.52. The van der Waals surface area contributed by atoms with Gasteiger partial charge in [0.15, 0.2) is 0 Å². The second kappa shape index (κ2) is 5.77. The fourth-order valence-corrected chi connectivity index (χ4v) is 1.79. The molecule has 2 rings (SSSR count). The van der Waals surface area contributed by atoms with E-state index in [0.717, 1.165) is 10.3 Å². The van der Waals surface area contributed by atoms with Crippen LogP contribution in [-0.4, -0.2) is 32.4 Å². The van der Waals surface area contributed by atoms with Crippen LogP contribution in [0.5, 0.6) is 0 Å². The molecule has 0 atom stereocenters. The maximum Gasteiger partial charge on any atom is 0.319 e. The number of pyridine rings is 1. The van der Waals surface area contributed by atoms with Crippen molar-refractivity contribution in [3.05, 3.63) is 47.8 Å². The van der Waals surface area contributed by atoms with E-state index in [2.05, 4.69) is 9.97 Å². The Morgan fingerprint density at radius 3 is 2.85 bits per heavy atom. The molecule has 0 aliphatic carbocycles. The molecule has 0 aliphatic rings. The Labute approximate surface area is 114 Å². The van der Waals surface area contributed by atoms with Crippen LogP contribution < -0.4 is 0 Å². The van der Waals surface area contributed by atoms with E-state index in [4.69, 9.17) is 0 Å². The van der Waals surface area contributed by atoms with Crippen molar-refractivity contribution in [2.75, 3.05) is 7.05 Å². The number of carbonyl (C=O) groups excluding carboxylic acids is 1. The highest BCUT2D eigenvalue weighted by molar-refractivity contribution is 5.92. The van der Waals surface area contributed by atoms with Crippen molar-refractivity contribution in [1.29, 1.82) is 0 Å². The molecule has 0 aromatic carbocycles. The predicted octanol–water partition coefficient (Wildman–Crippen LogP) is 2.25. The Kier molecular flexibility index (Phi) is 4.07. The molecule has 0 saturated heterocycles. The van der Waals surface area contributed by atoms with Crippen molar-refractivity contribution in [1.82, 2.24) is 19.4 Å². The molecular weight excluding hydrogens is 266 g/mol. The van der Waals surface area contributed by atoms with Crippen LogP contribution in [0.15, 0.2) is 30.6 Å². The first kappa shape index (κ1) is 14.1. The zero-order valence-corrected chi connectivity index (χ0v) is 11.1. The molecule has 0 saturated carbocycles. The molecule has 2 aromatic rings. The predicted molar refractivity (Wildman–Crippen MR) is 68.3 cm³/mol. The van der Waals surface area contributed by atoms with Crippen LogP contribution in [0.1, 0.15) is 28.6 Å². The third-order valence-electron chi connectivity index (χ3n) is 2.79. The number of rotatable bonds is 4. The number of nitrogens with zero attached hydrogens (tertiary/aromatic N) is 4. The van der Waals surface area contributed by atoms with Crippen LogP contribution in [0.2, 0.25) is 0 Å². The first-order valence-electron chi connectivity index (χ1n) is 5.98. The van der Waals surface area contributed by atoms with Gasteiger partial charge in [-0.05, 0) is 19.1 Å². The van der Waals surface area contributed by atoms with Crippen molar-refractivity contribution in [2.24, 2.45) is 0 Å². The van der Waals surface area contributed by atoms with Gasteiger partial charge in [-0.15, -0.1) is 0 Å². The van der Waals surface area contributed by atoms with Gasteiger partial charge in [0.05, 0.1) is 6.54 Å². The second-order valence-corrected chi connectivity index (χ2v) is 4.35. The van der Waals surface area contributed by atoms with Gasteiger partial charge in [0.1, 0.15) is 11.5 Å². The minimum Gasteiger partial charge on any atom is -0.333 e. The Morgan fingerprint density at radius 2 is 2.20 bits per heavy atom. The number of halogens is 2. The fourth-order valence-electron chi connectivity index (χ4n) is 1.79. The summed E-state index contributed by atoms with van der Waals surface area (Å²) in [6, 6.07) is 5.09. The van der Waals surface area contributed by atoms with Crippen molar-refractivity contribution >= 4 is 5.91 Å². The van der Waals surface area contributed by atoms with Gasteiger partial charge in [0.2, 0.25) is 0 Å². The van der Waals surface area contributed by atoms with Gasteiger partial charge < -0.3 is 4.90 Å². The number of aryl methyl sites for hydroxylation is 1. The van der Waals surface area contributed by atoms with Gasteiger partial charge in [-0.3, -0.25) is 9.36 Å². The average molecular weight is 280 g/mol. The highest BCUT2D eigenvalue weighted by atomic mass is 19.3.